The van der Waals surface area contributed by atoms with Crippen molar-refractivity contribution in [3.8, 4) is 11.3 Å². The zero-order valence-electron chi connectivity index (χ0n) is 13.9. The fourth-order valence-corrected chi connectivity index (χ4v) is 3.52. The highest BCUT2D eigenvalue weighted by Gasteiger charge is 2.26. The Bertz CT molecular complexity index is 851. The van der Waals surface area contributed by atoms with Crippen LogP contribution in [0.2, 0.25) is 0 Å². The first-order valence-corrected chi connectivity index (χ1v) is 8.60. The van der Waals surface area contributed by atoms with Crippen LogP contribution in [0.25, 0.3) is 22.2 Å². The average molecular weight is 318 g/mol. The number of aliphatic hydroxyl groups is 1. The van der Waals surface area contributed by atoms with Crippen molar-refractivity contribution in [2.75, 3.05) is 6.54 Å². The topological polar surface area (TPSA) is 45.1 Å². The van der Waals surface area contributed by atoms with Crippen molar-refractivity contribution in [2.24, 2.45) is 0 Å². The first-order chi connectivity index (χ1) is 11.7. The van der Waals surface area contributed by atoms with Crippen molar-refractivity contribution in [3.63, 3.8) is 0 Å². The predicted octanol–water partition coefficient (Wildman–Crippen LogP) is 4.00. The maximum Gasteiger partial charge on any atom is 0.0950 e. The lowest BCUT2D eigenvalue weighted by atomic mass is 9.95. The van der Waals surface area contributed by atoms with E-state index in [1.807, 2.05) is 18.2 Å². The van der Waals surface area contributed by atoms with Crippen molar-refractivity contribution in [3.05, 3.63) is 65.7 Å². The molecule has 0 aliphatic carbocycles. The number of aliphatic hydroxyl groups excluding tert-OH is 1. The molecule has 2 aromatic carbocycles. The monoisotopic (exact) mass is 318 g/mol. The van der Waals surface area contributed by atoms with Gasteiger partial charge in [0.2, 0.25) is 0 Å². The number of rotatable bonds is 3. The van der Waals surface area contributed by atoms with Crippen molar-refractivity contribution in [2.45, 2.75) is 31.9 Å². The SMILES string of the molecule is Cc1ccc(-c2cc(C(O)C3CCCN3)c3ccccc3n2)cc1. The van der Waals surface area contributed by atoms with E-state index in [2.05, 4.69) is 48.6 Å². The van der Waals surface area contributed by atoms with Crippen molar-refractivity contribution in [1.29, 1.82) is 0 Å². The van der Waals surface area contributed by atoms with Gasteiger partial charge in [0.25, 0.3) is 0 Å². The third-order valence-corrected chi connectivity index (χ3v) is 4.89. The summed E-state index contributed by atoms with van der Waals surface area (Å²) in [6, 6.07) is 18.6. The highest BCUT2D eigenvalue weighted by Crippen LogP contribution is 2.32. The molecule has 4 rings (SSSR count). The number of pyridine rings is 1. The summed E-state index contributed by atoms with van der Waals surface area (Å²) in [5, 5.41) is 15.4. The lowest BCUT2D eigenvalue weighted by molar-refractivity contribution is 0.139. The largest absolute Gasteiger partial charge is 0.387 e. The van der Waals surface area contributed by atoms with Crippen molar-refractivity contribution >= 4 is 10.9 Å². The molecule has 3 aromatic rings. The molecule has 2 heterocycles. The minimum Gasteiger partial charge on any atom is -0.387 e. The summed E-state index contributed by atoms with van der Waals surface area (Å²) in [6.45, 7) is 3.06. The number of hydrogen-bond acceptors (Lipinski definition) is 3. The second kappa shape index (κ2) is 6.34. The number of para-hydroxylation sites is 1. The zero-order chi connectivity index (χ0) is 16.5. The molecule has 3 nitrogen and oxygen atoms in total. The number of aryl methyl sites for hydroxylation is 1. The first-order valence-electron chi connectivity index (χ1n) is 8.60. The van der Waals surface area contributed by atoms with Crippen LogP contribution in [-0.4, -0.2) is 22.7 Å². The normalized spacial score (nSPS) is 18.8. The lowest BCUT2D eigenvalue weighted by Gasteiger charge is -2.21. The van der Waals surface area contributed by atoms with E-state index >= 15 is 0 Å². The van der Waals surface area contributed by atoms with Gasteiger partial charge in [-0.05, 0) is 44.0 Å². The molecule has 2 atom stereocenters. The zero-order valence-corrected chi connectivity index (χ0v) is 13.9. The van der Waals surface area contributed by atoms with Gasteiger partial charge in [0.15, 0.2) is 0 Å². The number of hydrogen-bond donors (Lipinski definition) is 2. The molecule has 0 bridgehead atoms. The van der Waals surface area contributed by atoms with E-state index in [4.69, 9.17) is 4.98 Å². The Hall–Kier alpha value is -2.23. The van der Waals surface area contributed by atoms with Gasteiger partial charge >= 0.3 is 0 Å². The molecule has 3 heteroatoms. The molecule has 0 saturated carbocycles. The minimum atomic E-state index is -0.510. The van der Waals surface area contributed by atoms with Crippen LogP contribution in [0.3, 0.4) is 0 Å². The third kappa shape index (κ3) is 2.81. The van der Waals surface area contributed by atoms with Gasteiger partial charge in [-0.2, -0.15) is 0 Å². The Morgan fingerprint density at radius 2 is 1.92 bits per heavy atom. The van der Waals surface area contributed by atoms with E-state index in [1.165, 1.54) is 5.56 Å². The Balaban J connectivity index is 1.85. The van der Waals surface area contributed by atoms with E-state index < -0.39 is 6.10 Å². The summed E-state index contributed by atoms with van der Waals surface area (Å²) in [5.74, 6) is 0. The molecule has 0 amide bonds. The number of benzene rings is 2. The van der Waals surface area contributed by atoms with Crippen LogP contribution in [0.15, 0.2) is 54.6 Å². The Kier molecular flexibility index (Phi) is 4.05. The highest BCUT2D eigenvalue weighted by molar-refractivity contribution is 5.85. The van der Waals surface area contributed by atoms with Crippen LogP contribution in [-0.2, 0) is 0 Å². The van der Waals surface area contributed by atoms with Gasteiger partial charge in [-0.3, -0.25) is 0 Å². The molecule has 0 radical (unpaired) electrons. The molecule has 0 spiro atoms. The molecule has 1 aliphatic heterocycles. The standard InChI is InChI=1S/C21H22N2O/c1-14-8-10-15(11-9-14)20-13-17(21(24)19-7-4-12-22-19)16-5-2-3-6-18(16)23-20/h2-3,5-6,8-11,13,19,21-22,24H,4,7,12H2,1H3. The molecular weight excluding hydrogens is 296 g/mol. The fraction of sp³-hybridized carbons (Fsp3) is 0.286. The van der Waals surface area contributed by atoms with Crippen molar-refractivity contribution < 1.29 is 5.11 Å². The molecule has 1 fully saturated rings. The van der Waals surface area contributed by atoms with Gasteiger partial charge in [-0.25, -0.2) is 4.98 Å². The van der Waals surface area contributed by atoms with Crippen molar-refractivity contribution in [1.82, 2.24) is 10.3 Å². The molecule has 2 unspecified atom stereocenters. The summed E-state index contributed by atoms with van der Waals surface area (Å²) in [5.41, 5.74) is 5.13. The van der Waals surface area contributed by atoms with E-state index in [1.54, 1.807) is 0 Å². The van der Waals surface area contributed by atoms with Crippen LogP contribution in [0.5, 0.6) is 0 Å². The maximum absolute atomic E-state index is 10.9. The number of aromatic nitrogens is 1. The minimum absolute atomic E-state index is 0.127. The number of nitrogens with one attached hydrogen (secondary N) is 1. The van der Waals surface area contributed by atoms with Crippen LogP contribution in [0.4, 0.5) is 0 Å². The maximum atomic E-state index is 10.9. The molecule has 1 saturated heterocycles. The van der Waals surface area contributed by atoms with Gasteiger partial charge in [0, 0.05) is 17.0 Å². The number of nitrogens with zero attached hydrogens (tertiary/aromatic N) is 1. The summed E-state index contributed by atoms with van der Waals surface area (Å²) in [4.78, 5) is 4.81. The smallest absolute Gasteiger partial charge is 0.0950 e. The third-order valence-electron chi connectivity index (χ3n) is 4.89. The summed E-state index contributed by atoms with van der Waals surface area (Å²) in [6.07, 6.45) is 1.62. The van der Waals surface area contributed by atoms with Crippen LogP contribution in [0.1, 0.15) is 30.1 Å². The van der Waals surface area contributed by atoms with Crippen LogP contribution >= 0.6 is 0 Å². The van der Waals surface area contributed by atoms with Gasteiger partial charge in [0.1, 0.15) is 0 Å². The van der Waals surface area contributed by atoms with Crippen LogP contribution < -0.4 is 5.32 Å². The number of fused-ring (bicyclic) bond motifs is 1. The second-order valence-corrected chi connectivity index (χ2v) is 6.63. The molecule has 122 valence electrons. The van der Waals surface area contributed by atoms with E-state index in [0.29, 0.717) is 0 Å². The predicted molar refractivity (Wildman–Crippen MR) is 97.9 cm³/mol. The van der Waals surface area contributed by atoms with Crippen LogP contribution in [0, 0.1) is 6.92 Å². The Morgan fingerprint density at radius 3 is 2.67 bits per heavy atom. The Labute approximate surface area is 142 Å². The summed E-state index contributed by atoms with van der Waals surface area (Å²) in [7, 11) is 0. The molecule has 24 heavy (non-hydrogen) atoms. The fourth-order valence-electron chi connectivity index (χ4n) is 3.52. The quantitative estimate of drug-likeness (QED) is 0.767. The molecule has 2 N–H and O–H groups in total. The Morgan fingerprint density at radius 1 is 1.12 bits per heavy atom. The lowest BCUT2D eigenvalue weighted by Crippen LogP contribution is -2.28. The molecule has 1 aliphatic rings. The average Bonchev–Trinajstić information content (AvgIpc) is 3.15. The van der Waals surface area contributed by atoms with Gasteiger partial charge in [-0.15, -0.1) is 0 Å². The highest BCUT2D eigenvalue weighted by atomic mass is 16.3. The van der Waals surface area contributed by atoms with E-state index in [0.717, 1.165) is 47.1 Å². The summed E-state index contributed by atoms with van der Waals surface area (Å²) < 4.78 is 0. The van der Waals surface area contributed by atoms with E-state index in [9.17, 15) is 5.11 Å². The van der Waals surface area contributed by atoms with Gasteiger partial charge in [-0.1, -0.05) is 48.0 Å². The second-order valence-electron chi connectivity index (χ2n) is 6.63. The summed E-state index contributed by atoms with van der Waals surface area (Å²) >= 11 is 0. The molecule has 1 aromatic heterocycles. The van der Waals surface area contributed by atoms with Gasteiger partial charge < -0.3 is 10.4 Å². The van der Waals surface area contributed by atoms with E-state index in [-0.39, 0.29) is 6.04 Å². The molecular formula is C21H22N2O. The first kappa shape index (κ1) is 15.3. The van der Waals surface area contributed by atoms with Gasteiger partial charge in [0.05, 0.1) is 17.3 Å².